The van der Waals surface area contributed by atoms with Crippen molar-refractivity contribution in [2.24, 2.45) is 7.05 Å². The molecule has 130 valence electrons. The third-order valence-electron chi connectivity index (χ3n) is 3.93. The van der Waals surface area contributed by atoms with Crippen molar-refractivity contribution >= 4 is 11.8 Å². The van der Waals surface area contributed by atoms with Crippen LogP contribution in [0.4, 0.5) is 10.6 Å². The van der Waals surface area contributed by atoms with Crippen molar-refractivity contribution in [2.45, 2.75) is 39.3 Å². The van der Waals surface area contributed by atoms with Crippen molar-refractivity contribution in [3.05, 3.63) is 47.7 Å². The fraction of sp³-hybridized carbons (Fsp3) is 0.444. The van der Waals surface area contributed by atoms with E-state index in [1.807, 2.05) is 50.2 Å². The Kier molecular flexibility index (Phi) is 6.37. The van der Waals surface area contributed by atoms with Gasteiger partial charge in [0.15, 0.2) is 0 Å². The summed E-state index contributed by atoms with van der Waals surface area (Å²) in [6.07, 6.45) is 0.869. The molecule has 0 aliphatic heterocycles. The normalized spacial score (nSPS) is 12.0. The Morgan fingerprint density at radius 1 is 1.33 bits per heavy atom. The van der Waals surface area contributed by atoms with Gasteiger partial charge in [-0.15, -0.1) is 0 Å². The van der Waals surface area contributed by atoms with Crippen LogP contribution in [0.5, 0.6) is 0 Å². The summed E-state index contributed by atoms with van der Waals surface area (Å²) in [5, 5.41) is 17.2. The third-order valence-corrected chi connectivity index (χ3v) is 3.93. The first kappa shape index (κ1) is 18.0. The highest BCUT2D eigenvalue weighted by molar-refractivity contribution is 5.88. The highest BCUT2D eigenvalue weighted by atomic mass is 16.3. The molecule has 24 heavy (non-hydrogen) atoms. The van der Waals surface area contributed by atoms with E-state index in [1.165, 1.54) is 0 Å². The van der Waals surface area contributed by atoms with Crippen LogP contribution < -0.4 is 5.32 Å². The summed E-state index contributed by atoms with van der Waals surface area (Å²) in [6, 6.07) is 11.4. The average molecular weight is 330 g/mol. The molecule has 1 aromatic heterocycles. The van der Waals surface area contributed by atoms with Gasteiger partial charge in [-0.05, 0) is 18.4 Å². The van der Waals surface area contributed by atoms with Crippen molar-refractivity contribution in [1.29, 1.82) is 0 Å². The molecule has 6 heteroatoms. The van der Waals surface area contributed by atoms with Crippen LogP contribution in [0.2, 0.25) is 0 Å². The number of amides is 2. The summed E-state index contributed by atoms with van der Waals surface area (Å²) in [5.41, 5.74) is 1.95. The Morgan fingerprint density at radius 2 is 2.04 bits per heavy atom. The number of benzene rings is 1. The number of carbonyl (C=O) groups is 1. The lowest BCUT2D eigenvalue weighted by atomic mass is 10.2. The summed E-state index contributed by atoms with van der Waals surface area (Å²) >= 11 is 0. The number of aromatic nitrogens is 2. The quantitative estimate of drug-likeness (QED) is 0.820. The van der Waals surface area contributed by atoms with E-state index in [-0.39, 0.29) is 12.6 Å². The zero-order valence-electron chi connectivity index (χ0n) is 14.6. The second kappa shape index (κ2) is 8.49. The second-order valence-electron chi connectivity index (χ2n) is 5.86. The van der Waals surface area contributed by atoms with Crippen LogP contribution in [0, 0.1) is 0 Å². The van der Waals surface area contributed by atoms with Gasteiger partial charge < -0.3 is 10.0 Å². The van der Waals surface area contributed by atoms with Crippen molar-refractivity contribution in [3.63, 3.8) is 0 Å². The molecule has 6 nitrogen and oxygen atoms in total. The van der Waals surface area contributed by atoms with E-state index in [1.54, 1.807) is 16.6 Å². The Labute approximate surface area is 143 Å². The number of urea groups is 1. The molecular weight excluding hydrogens is 304 g/mol. The van der Waals surface area contributed by atoms with Crippen molar-refractivity contribution < 1.29 is 9.90 Å². The van der Waals surface area contributed by atoms with Gasteiger partial charge >= 0.3 is 6.03 Å². The molecule has 1 aromatic carbocycles. The zero-order chi connectivity index (χ0) is 17.5. The van der Waals surface area contributed by atoms with Crippen LogP contribution in [-0.4, -0.2) is 38.5 Å². The smallest absolute Gasteiger partial charge is 0.323 e. The highest BCUT2D eigenvalue weighted by Gasteiger charge is 2.19. The number of nitrogens with one attached hydrogen (secondary N) is 1. The first-order chi connectivity index (χ1) is 11.5. The van der Waals surface area contributed by atoms with Crippen molar-refractivity contribution in [1.82, 2.24) is 14.7 Å². The van der Waals surface area contributed by atoms with E-state index in [9.17, 15) is 9.90 Å². The largest absolute Gasteiger partial charge is 0.391 e. The molecule has 1 atom stereocenters. The van der Waals surface area contributed by atoms with E-state index in [2.05, 4.69) is 10.4 Å². The van der Waals surface area contributed by atoms with E-state index in [4.69, 9.17) is 0 Å². The first-order valence-corrected chi connectivity index (χ1v) is 8.34. The number of hydrogen-bond donors (Lipinski definition) is 2. The Bertz CT molecular complexity index is 654. The second-order valence-corrected chi connectivity index (χ2v) is 5.86. The number of nitrogens with zero attached hydrogens (tertiary/aromatic N) is 3. The van der Waals surface area contributed by atoms with Gasteiger partial charge in [-0.2, -0.15) is 5.10 Å². The SMILES string of the molecule is CCc1cc(NC(=O)N(Cc2ccccc2)CC(O)CC)n(C)n1. The van der Waals surface area contributed by atoms with Crippen LogP contribution >= 0.6 is 0 Å². The lowest BCUT2D eigenvalue weighted by molar-refractivity contribution is 0.119. The third kappa shape index (κ3) is 4.83. The number of carbonyl (C=O) groups excluding carboxylic acids is 1. The van der Waals surface area contributed by atoms with Gasteiger partial charge in [0.25, 0.3) is 0 Å². The molecule has 2 amide bonds. The van der Waals surface area contributed by atoms with Gasteiger partial charge in [-0.1, -0.05) is 44.2 Å². The summed E-state index contributed by atoms with van der Waals surface area (Å²) in [4.78, 5) is 14.3. The van der Waals surface area contributed by atoms with Crippen molar-refractivity contribution in [3.8, 4) is 0 Å². The molecular formula is C18H26N4O2. The number of rotatable bonds is 7. The van der Waals surface area contributed by atoms with Gasteiger partial charge in [-0.3, -0.25) is 10.00 Å². The predicted molar refractivity (Wildman–Crippen MR) is 94.8 cm³/mol. The maximum atomic E-state index is 12.7. The number of aryl methyl sites for hydroxylation is 2. The number of aliphatic hydroxyl groups excluding tert-OH is 1. The van der Waals surface area contributed by atoms with E-state index in [0.717, 1.165) is 17.7 Å². The summed E-state index contributed by atoms with van der Waals surface area (Å²) in [7, 11) is 1.80. The van der Waals surface area contributed by atoms with Gasteiger partial charge in [0.1, 0.15) is 5.82 Å². The Hall–Kier alpha value is -2.34. The average Bonchev–Trinajstić information content (AvgIpc) is 2.95. The molecule has 2 aromatic rings. The molecule has 0 aliphatic carbocycles. The number of hydrogen-bond acceptors (Lipinski definition) is 3. The maximum absolute atomic E-state index is 12.7. The number of anilines is 1. The molecule has 0 spiro atoms. The molecule has 1 heterocycles. The fourth-order valence-electron chi connectivity index (χ4n) is 2.41. The molecule has 2 rings (SSSR count). The minimum atomic E-state index is -0.544. The maximum Gasteiger partial charge on any atom is 0.323 e. The lowest BCUT2D eigenvalue weighted by Gasteiger charge is -2.25. The summed E-state index contributed by atoms with van der Waals surface area (Å²) in [6.45, 7) is 4.66. The lowest BCUT2D eigenvalue weighted by Crippen LogP contribution is -2.40. The number of aliphatic hydroxyl groups is 1. The van der Waals surface area contributed by atoms with Crippen LogP contribution in [0.3, 0.4) is 0 Å². The van der Waals surface area contributed by atoms with E-state index >= 15 is 0 Å². The fourth-order valence-corrected chi connectivity index (χ4v) is 2.41. The molecule has 0 bridgehead atoms. The van der Waals surface area contributed by atoms with Gasteiger partial charge in [0.05, 0.1) is 11.8 Å². The molecule has 0 radical (unpaired) electrons. The molecule has 0 aliphatic rings. The van der Waals surface area contributed by atoms with E-state index in [0.29, 0.717) is 18.8 Å². The van der Waals surface area contributed by atoms with Gasteiger partial charge in [0, 0.05) is 26.2 Å². The topological polar surface area (TPSA) is 70.4 Å². The minimum absolute atomic E-state index is 0.239. The summed E-state index contributed by atoms with van der Waals surface area (Å²) in [5.74, 6) is 0.654. The van der Waals surface area contributed by atoms with E-state index < -0.39 is 6.10 Å². The molecule has 1 unspecified atom stereocenters. The first-order valence-electron chi connectivity index (χ1n) is 8.34. The molecule has 0 saturated heterocycles. The zero-order valence-corrected chi connectivity index (χ0v) is 14.6. The molecule has 0 saturated carbocycles. The molecule has 0 fully saturated rings. The standard InChI is InChI=1S/C18H26N4O2/c1-4-15-11-17(21(3)20-15)19-18(24)22(13-16(23)5-2)12-14-9-7-6-8-10-14/h6-11,16,23H,4-5,12-13H2,1-3H3,(H,19,24). The molecule has 2 N–H and O–H groups in total. The van der Waals surface area contributed by atoms with Gasteiger partial charge in [-0.25, -0.2) is 4.79 Å². The Balaban J connectivity index is 2.12. The van der Waals surface area contributed by atoms with Crippen LogP contribution in [0.25, 0.3) is 0 Å². The summed E-state index contributed by atoms with van der Waals surface area (Å²) < 4.78 is 1.66. The van der Waals surface area contributed by atoms with Gasteiger partial charge in [0.2, 0.25) is 0 Å². The van der Waals surface area contributed by atoms with Crippen molar-refractivity contribution in [2.75, 3.05) is 11.9 Å². The van der Waals surface area contributed by atoms with Crippen LogP contribution in [0.1, 0.15) is 31.5 Å². The van der Waals surface area contributed by atoms with Crippen LogP contribution in [-0.2, 0) is 20.0 Å². The highest BCUT2D eigenvalue weighted by Crippen LogP contribution is 2.13. The minimum Gasteiger partial charge on any atom is -0.391 e. The Morgan fingerprint density at radius 3 is 2.62 bits per heavy atom. The monoisotopic (exact) mass is 330 g/mol. The van der Waals surface area contributed by atoms with Crippen LogP contribution in [0.15, 0.2) is 36.4 Å². The predicted octanol–water partition coefficient (Wildman–Crippen LogP) is 2.79.